The van der Waals surface area contributed by atoms with Crippen LogP contribution in [0, 0.1) is 5.92 Å². The molecule has 1 unspecified atom stereocenters. The predicted molar refractivity (Wildman–Crippen MR) is 224 cm³/mol. The van der Waals surface area contributed by atoms with Crippen molar-refractivity contribution in [2.75, 3.05) is 48.4 Å². The maximum atomic E-state index is 13.4. The molecule has 11 heteroatoms. The van der Waals surface area contributed by atoms with E-state index in [9.17, 15) is 24.3 Å². The Morgan fingerprint density at radius 2 is 1.42 bits per heavy atom. The number of fused-ring (bicyclic) bond motifs is 1. The second kappa shape index (κ2) is 17.0. The van der Waals surface area contributed by atoms with Gasteiger partial charge in [-0.15, -0.1) is 11.6 Å². The minimum atomic E-state index is -0.970. The number of amides is 4. The zero-order valence-electron chi connectivity index (χ0n) is 32.0. The Labute approximate surface area is 338 Å². The fourth-order valence-electron chi connectivity index (χ4n) is 8.89. The Hall–Kier alpha value is -5.45. The van der Waals surface area contributed by atoms with Gasteiger partial charge in [-0.05, 0) is 121 Å². The van der Waals surface area contributed by atoms with E-state index in [0.29, 0.717) is 35.4 Å². The first-order valence-electron chi connectivity index (χ1n) is 20.1. The van der Waals surface area contributed by atoms with E-state index in [4.69, 9.17) is 11.6 Å². The van der Waals surface area contributed by atoms with Crippen molar-refractivity contribution in [1.82, 2.24) is 15.5 Å². The number of anilines is 2. The summed E-state index contributed by atoms with van der Waals surface area (Å²) in [6.07, 6.45) is 5.24. The standard InChI is InChI=1S/C46H48ClN5O5/c47-23-20-38(31-5-2-1-3-6-31)43(33-10-15-37(53)16-11-33)32-8-12-35(13-9-32)50-25-21-30(22-26-50)28-48-34-7-4-24-51(29-34)36-14-17-39-40(27-36)46(57)52(45(39)56)41-18-19-42(54)49-44(41)55/h1-3,5-6,8-17,27,30,34,41,48,53H,4,7,18-26,28-29H2,(H,49,54,55)/t34-,41?/m0/s1. The lowest BCUT2D eigenvalue weighted by atomic mass is 9.88. The van der Waals surface area contributed by atoms with E-state index in [1.165, 1.54) is 11.3 Å². The van der Waals surface area contributed by atoms with Crippen molar-refractivity contribution in [2.45, 2.75) is 57.0 Å². The molecule has 57 heavy (non-hydrogen) atoms. The lowest BCUT2D eigenvalue weighted by molar-refractivity contribution is -0.136. The number of nitrogens with one attached hydrogen (secondary N) is 2. The van der Waals surface area contributed by atoms with Crippen LogP contribution < -0.4 is 20.4 Å². The van der Waals surface area contributed by atoms with Crippen LogP contribution in [-0.4, -0.2) is 84.3 Å². The van der Waals surface area contributed by atoms with Crippen LogP contribution in [0.3, 0.4) is 0 Å². The van der Waals surface area contributed by atoms with Crippen molar-refractivity contribution in [1.29, 1.82) is 0 Å². The Morgan fingerprint density at radius 3 is 2.12 bits per heavy atom. The SMILES string of the molecule is O=C1CCC(N2C(=O)c3ccc(N4CCC[C@H](NCC5CCN(c6ccc(C(=C(CCCl)c7ccccc7)c7ccc(O)cc7)cc6)CC5)C4)cc3C2=O)C(=O)N1. The van der Waals surface area contributed by atoms with Gasteiger partial charge in [0.15, 0.2) is 0 Å². The number of piperidine rings is 3. The van der Waals surface area contributed by atoms with Crippen molar-refractivity contribution < 1.29 is 24.3 Å². The Bertz CT molecular complexity index is 2170. The summed E-state index contributed by atoms with van der Waals surface area (Å²) in [6, 6.07) is 31.4. The maximum absolute atomic E-state index is 13.4. The molecule has 4 amide bonds. The van der Waals surface area contributed by atoms with E-state index in [-0.39, 0.29) is 24.5 Å². The third-order valence-electron chi connectivity index (χ3n) is 12.0. The molecule has 294 valence electrons. The van der Waals surface area contributed by atoms with Gasteiger partial charge in [0.2, 0.25) is 11.8 Å². The summed E-state index contributed by atoms with van der Waals surface area (Å²) >= 11 is 6.36. The second-order valence-electron chi connectivity index (χ2n) is 15.6. The Morgan fingerprint density at radius 1 is 0.737 bits per heavy atom. The normalized spacial score (nSPS) is 20.8. The van der Waals surface area contributed by atoms with Crippen LogP contribution in [0.25, 0.3) is 11.1 Å². The molecule has 0 aliphatic carbocycles. The number of allylic oxidation sites excluding steroid dienone is 1. The molecule has 4 aliphatic heterocycles. The van der Waals surface area contributed by atoms with Gasteiger partial charge in [0.1, 0.15) is 11.8 Å². The lowest BCUT2D eigenvalue weighted by Crippen LogP contribution is -2.54. The number of carbonyl (C=O) groups excluding carboxylic acids is 4. The van der Waals surface area contributed by atoms with Crippen LogP contribution >= 0.6 is 11.6 Å². The Kier molecular flexibility index (Phi) is 11.4. The number of rotatable bonds is 11. The maximum Gasteiger partial charge on any atom is 0.262 e. The van der Waals surface area contributed by atoms with Crippen LogP contribution in [0.2, 0.25) is 0 Å². The summed E-state index contributed by atoms with van der Waals surface area (Å²) in [5.74, 6) is -0.630. The van der Waals surface area contributed by atoms with Crippen LogP contribution in [0.15, 0.2) is 97.1 Å². The molecule has 4 aliphatic rings. The van der Waals surface area contributed by atoms with Gasteiger partial charge in [-0.2, -0.15) is 0 Å². The van der Waals surface area contributed by atoms with E-state index in [1.807, 2.05) is 24.3 Å². The molecule has 10 nitrogen and oxygen atoms in total. The highest BCUT2D eigenvalue weighted by atomic mass is 35.5. The van der Waals surface area contributed by atoms with Gasteiger partial charge in [-0.25, -0.2) is 0 Å². The number of phenols is 1. The van der Waals surface area contributed by atoms with E-state index in [2.05, 4.69) is 69.0 Å². The third kappa shape index (κ3) is 8.20. The van der Waals surface area contributed by atoms with E-state index in [0.717, 1.165) is 91.3 Å². The van der Waals surface area contributed by atoms with Crippen molar-refractivity contribution in [3.63, 3.8) is 0 Å². The zero-order valence-corrected chi connectivity index (χ0v) is 32.7. The zero-order chi connectivity index (χ0) is 39.5. The smallest absolute Gasteiger partial charge is 0.262 e. The molecule has 0 bridgehead atoms. The summed E-state index contributed by atoms with van der Waals surface area (Å²) in [7, 11) is 0. The molecule has 4 heterocycles. The first-order chi connectivity index (χ1) is 27.8. The van der Waals surface area contributed by atoms with E-state index >= 15 is 0 Å². The molecule has 3 saturated heterocycles. The molecule has 3 N–H and O–H groups in total. The van der Waals surface area contributed by atoms with Gasteiger partial charge >= 0.3 is 0 Å². The molecule has 0 aromatic heterocycles. The number of phenolic OH excluding ortho intramolecular Hbond substituents is 1. The molecule has 0 saturated carbocycles. The van der Waals surface area contributed by atoms with Crippen molar-refractivity contribution >= 4 is 57.8 Å². The summed E-state index contributed by atoms with van der Waals surface area (Å²) in [5, 5.41) is 16.1. The predicted octanol–water partition coefficient (Wildman–Crippen LogP) is 6.86. The molecule has 0 radical (unpaired) electrons. The van der Waals surface area contributed by atoms with Crippen molar-refractivity contribution in [3.05, 3.63) is 125 Å². The number of alkyl halides is 1. The lowest BCUT2D eigenvalue weighted by Gasteiger charge is -2.37. The number of hydrogen-bond acceptors (Lipinski definition) is 8. The number of nitrogens with zero attached hydrogens (tertiary/aromatic N) is 3. The van der Waals surface area contributed by atoms with E-state index < -0.39 is 23.8 Å². The van der Waals surface area contributed by atoms with Gasteiger partial charge in [-0.1, -0.05) is 54.6 Å². The highest BCUT2D eigenvalue weighted by Crippen LogP contribution is 2.37. The van der Waals surface area contributed by atoms with Crippen molar-refractivity contribution in [3.8, 4) is 5.75 Å². The first kappa shape index (κ1) is 38.4. The highest BCUT2D eigenvalue weighted by Gasteiger charge is 2.45. The van der Waals surface area contributed by atoms with Crippen LogP contribution in [0.1, 0.15) is 82.4 Å². The molecule has 4 aromatic carbocycles. The quantitative estimate of drug-likeness (QED) is 0.0858. The fourth-order valence-corrected chi connectivity index (χ4v) is 9.08. The molecule has 0 spiro atoms. The fraction of sp³-hybridized carbons (Fsp3) is 0.348. The first-order valence-corrected chi connectivity index (χ1v) is 20.6. The minimum absolute atomic E-state index is 0.0966. The number of benzene rings is 4. The summed E-state index contributed by atoms with van der Waals surface area (Å²) in [5.41, 5.74) is 8.32. The topological polar surface area (TPSA) is 122 Å². The minimum Gasteiger partial charge on any atom is -0.508 e. The summed E-state index contributed by atoms with van der Waals surface area (Å²) in [6.45, 7) is 4.60. The van der Waals surface area contributed by atoms with Crippen molar-refractivity contribution in [2.24, 2.45) is 5.92 Å². The van der Waals surface area contributed by atoms with E-state index in [1.54, 1.807) is 24.3 Å². The largest absolute Gasteiger partial charge is 0.508 e. The summed E-state index contributed by atoms with van der Waals surface area (Å²) < 4.78 is 0. The molecule has 8 rings (SSSR count). The molecule has 2 atom stereocenters. The number of carbonyl (C=O) groups is 4. The van der Waals surface area contributed by atoms with Crippen LogP contribution in [-0.2, 0) is 9.59 Å². The van der Waals surface area contributed by atoms with Crippen LogP contribution in [0.5, 0.6) is 5.75 Å². The van der Waals surface area contributed by atoms with Gasteiger partial charge < -0.3 is 20.2 Å². The number of aromatic hydroxyl groups is 1. The molecule has 3 fully saturated rings. The number of hydrogen-bond donors (Lipinski definition) is 3. The second-order valence-corrected chi connectivity index (χ2v) is 15.9. The molecular weight excluding hydrogens is 738 g/mol. The van der Waals surface area contributed by atoms with Gasteiger partial charge in [0, 0.05) is 55.9 Å². The number of imide groups is 2. The van der Waals surface area contributed by atoms with Gasteiger partial charge in [-0.3, -0.25) is 29.4 Å². The Balaban J connectivity index is 0.872. The molecule has 4 aromatic rings. The average molecular weight is 786 g/mol. The molecular formula is C46H48ClN5O5. The van der Waals surface area contributed by atoms with Crippen LogP contribution in [0.4, 0.5) is 11.4 Å². The highest BCUT2D eigenvalue weighted by molar-refractivity contribution is 6.23. The average Bonchev–Trinajstić information content (AvgIpc) is 3.49. The monoisotopic (exact) mass is 785 g/mol. The summed E-state index contributed by atoms with van der Waals surface area (Å²) in [4.78, 5) is 56.5. The third-order valence-corrected chi connectivity index (χ3v) is 12.2. The van der Waals surface area contributed by atoms with Gasteiger partial charge in [0.25, 0.3) is 11.8 Å². The van der Waals surface area contributed by atoms with Gasteiger partial charge in [0.05, 0.1) is 11.1 Å². The number of halogens is 1.